The van der Waals surface area contributed by atoms with Crippen LogP contribution < -0.4 is 34.7 Å². The van der Waals surface area contributed by atoms with E-state index in [1.54, 1.807) is 0 Å². The molecule has 2 heterocycles. The van der Waals surface area contributed by atoms with Crippen LogP contribution in [-0.2, 0) is 38.9 Å². The Balaban J connectivity index is 0.00000480. The van der Waals surface area contributed by atoms with Crippen LogP contribution in [0.1, 0.15) is 32.1 Å². The van der Waals surface area contributed by atoms with Crippen LogP contribution in [-0.4, -0.2) is 76.8 Å². The van der Waals surface area contributed by atoms with Gasteiger partial charge in [0.05, 0.1) is 13.0 Å². The summed E-state index contributed by atoms with van der Waals surface area (Å²) >= 11 is 0. The van der Waals surface area contributed by atoms with Crippen molar-refractivity contribution in [1.82, 2.24) is 9.96 Å². The van der Waals surface area contributed by atoms with Gasteiger partial charge in [-0.1, -0.05) is 6.42 Å². The SMILES string of the molecule is O=C(CCCCCN=C([O-])CN1C(=O)C=CC1=O)ON1C(=O)CC(S(=O)(=O)O)C1=O.[Na+]. The van der Waals surface area contributed by atoms with E-state index in [4.69, 9.17) is 4.55 Å². The summed E-state index contributed by atoms with van der Waals surface area (Å²) in [5.74, 6) is -5.14. The molecule has 0 aromatic heterocycles. The number of nitrogens with zero attached hydrogens (tertiary/aromatic N) is 3. The molecule has 2 aliphatic rings. The zero-order valence-electron chi connectivity index (χ0n) is 16.6. The average Bonchev–Trinajstić information content (AvgIpc) is 3.12. The molecule has 31 heavy (non-hydrogen) atoms. The number of aliphatic imine (C=N–C) groups is 1. The molecule has 1 unspecified atom stereocenters. The predicted molar refractivity (Wildman–Crippen MR) is 94.5 cm³/mol. The molecule has 0 bridgehead atoms. The number of hydrogen-bond acceptors (Lipinski definition) is 10. The Morgan fingerprint density at radius 1 is 1.16 bits per heavy atom. The fraction of sp³-hybridized carbons (Fsp3) is 0.500. The molecule has 164 valence electrons. The molecule has 0 aliphatic carbocycles. The molecule has 0 saturated carbocycles. The summed E-state index contributed by atoms with van der Waals surface area (Å²) in [5, 5.41) is 9.68. The molecule has 0 aromatic carbocycles. The third-order valence-corrected chi connectivity index (χ3v) is 5.22. The number of carbonyl (C=O) groups excluding carboxylic acids is 5. The zero-order valence-corrected chi connectivity index (χ0v) is 19.4. The van der Waals surface area contributed by atoms with Crippen molar-refractivity contribution in [3.8, 4) is 0 Å². The Morgan fingerprint density at radius 3 is 2.32 bits per heavy atom. The fourth-order valence-electron chi connectivity index (χ4n) is 2.59. The topological polar surface area (TPSA) is 191 Å². The maximum atomic E-state index is 11.7. The van der Waals surface area contributed by atoms with Gasteiger partial charge >= 0.3 is 35.5 Å². The Hall–Kier alpha value is -2.13. The van der Waals surface area contributed by atoms with Crippen LogP contribution in [0, 0.1) is 0 Å². The number of amides is 4. The summed E-state index contributed by atoms with van der Waals surface area (Å²) in [4.78, 5) is 66.7. The minimum absolute atomic E-state index is 0. The minimum atomic E-state index is -4.79. The van der Waals surface area contributed by atoms with E-state index in [0.29, 0.717) is 12.8 Å². The molecule has 1 atom stereocenters. The first-order chi connectivity index (χ1) is 14.0. The van der Waals surface area contributed by atoms with Crippen LogP contribution in [0.3, 0.4) is 0 Å². The van der Waals surface area contributed by atoms with Crippen molar-refractivity contribution in [2.75, 3.05) is 13.1 Å². The van der Waals surface area contributed by atoms with Gasteiger partial charge in [0.2, 0.25) is 0 Å². The molecule has 0 radical (unpaired) electrons. The standard InChI is InChI=1S/C16H19N3O10S.Na/c20-11(9-18-12(21)5-6-13(18)22)17-7-3-1-2-4-15(24)29-19-14(23)8-10(16(19)25)30(26,27)28;/h5-6,10H,1-4,7-9H2,(H,17,20)(H,26,27,28);/q;+1/p-1. The zero-order chi connectivity index (χ0) is 22.5. The number of imide groups is 2. The maximum absolute atomic E-state index is 11.7. The number of carbonyl (C=O) groups is 5. The van der Waals surface area contributed by atoms with E-state index in [2.05, 4.69) is 9.83 Å². The summed E-state index contributed by atoms with van der Waals surface area (Å²) in [7, 11) is -4.79. The van der Waals surface area contributed by atoms with Gasteiger partial charge in [0, 0.05) is 25.1 Å². The van der Waals surface area contributed by atoms with Crippen molar-refractivity contribution >= 4 is 45.6 Å². The summed E-state index contributed by atoms with van der Waals surface area (Å²) in [6.45, 7) is -0.337. The molecule has 4 amide bonds. The van der Waals surface area contributed by atoms with Crippen molar-refractivity contribution in [3.05, 3.63) is 12.2 Å². The molecule has 1 fully saturated rings. The first-order valence-electron chi connectivity index (χ1n) is 8.78. The second-order valence-corrected chi connectivity index (χ2v) is 7.98. The van der Waals surface area contributed by atoms with Crippen molar-refractivity contribution in [2.45, 2.75) is 37.4 Å². The first-order valence-corrected chi connectivity index (χ1v) is 10.3. The van der Waals surface area contributed by atoms with E-state index in [-0.39, 0.29) is 54.0 Å². The first kappa shape index (κ1) is 26.9. The monoisotopic (exact) mass is 467 g/mol. The molecule has 0 spiro atoms. The molecule has 2 rings (SSSR count). The average molecular weight is 467 g/mol. The normalized spacial score (nSPS) is 19.3. The fourth-order valence-corrected chi connectivity index (χ4v) is 3.30. The number of hydroxylamine groups is 2. The molecule has 1 N–H and O–H groups in total. The third-order valence-electron chi connectivity index (χ3n) is 4.14. The summed E-state index contributed by atoms with van der Waals surface area (Å²) in [6.07, 6.45) is 2.22. The second kappa shape index (κ2) is 11.5. The molecule has 0 aromatic rings. The Bertz CT molecular complexity index is 912. The Morgan fingerprint density at radius 2 is 1.77 bits per heavy atom. The van der Waals surface area contributed by atoms with Gasteiger partial charge in [-0.05, 0) is 18.7 Å². The van der Waals surface area contributed by atoms with Gasteiger partial charge in [0.15, 0.2) is 5.25 Å². The van der Waals surface area contributed by atoms with Crippen LogP contribution in [0.5, 0.6) is 0 Å². The van der Waals surface area contributed by atoms with E-state index in [1.165, 1.54) is 0 Å². The van der Waals surface area contributed by atoms with Gasteiger partial charge in [-0.25, -0.2) is 4.79 Å². The van der Waals surface area contributed by atoms with Crippen LogP contribution >= 0.6 is 0 Å². The minimum Gasteiger partial charge on any atom is -0.861 e. The summed E-state index contributed by atoms with van der Waals surface area (Å²) in [6, 6.07) is 0. The predicted octanol–water partition coefficient (Wildman–Crippen LogP) is -5.29. The van der Waals surface area contributed by atoms with E-state index in [1.807, 2.05) is 0 Å². The number of hydrogen-bond donors (Lipinski definition) is 1. The smallest absolute Gasteiger partial charge is 0.861 e. The van der Waals surface area contributed by atoms with Gasteiger partial charge in [0.25, 0.3) is 33.7 Å². The van der Waals surface area contributed by atoms with E-state index < -0.39 is 63.8 Å². The van der Waals surface area contributed by atoms with Gasteiger partial charge in [0.1, 0.15) is 0 Å². The molecule has 13 nitrogen and oxygen atoms in total. The molecular weight excluding hydrogens is 449 g/mol. The second-order valence-electron chi connectivity index (χ2n) is 6.38. The summed E-state index contributed by atoms with van der Waals surface area (Å²) < 4.78 is 30.9. The Labute approximate surface area is 199 Å². The van der Waals surface area contributed by atoms with E-state index in [9.17, 15) is 37.5 Å². The number of rotatable bonds is 10. The van der Waals surface area contributed by atoms with Crippen molar-refractivity contribution in [3.63, 3.8) is 0 Å². The van der Waals surface area contributed by atoms with E-state index in [0.717, 1.165) is 17.1 Å². The van der Waals surface area contributed by atoms with Crippen LogP contribution in [0.4, 0.5) is 0 Å². The van der Waals surface area contributed by atoms with E-state index >= 15 is 0 Å². The van der Waals surface area contributed by atoms with Crippen molar-refractivity contribution < 1.29 is 76.4 Å². The third kappa shape index (κ3) is 7.50. The molecule has 1 saturated heterocycles. The quantitative estimate of drug-likeness (QED) is 0.0810. The van der Waals surface area contributed by atoms with Gasteiger partial charge in [-0.2, -0.15) is 8.42 Å². The van der Waals surface area contributed by atoms with Crippen LogP contribution in [0.25, 0.3) is 0 Å². The van der Waals surface area contributed by atoms with Gasteiger partial charge in [-0.15, -0.1) is 5.06 Å². The van der Waals surface area contributed by atoms with Crippen LogP contribution in [0.15, 0.2) is 17.1 Å². The Kier molecular flexibility index (Phi) is 9.96. The number of unbranched alkanes of at least 4 members (excludes halogenated alkanes) is 2. The van der Waals surface area contributed by atoms with Crippen molar-refractivity contribution in [2.24, 2.45) is 4.99 Å². The maximum Gasteiger partial charge on any atom is 1.00 e. The van der Waals surface area contributed by atoms with Crippen LogP contribution in [0.2, 0.25) is 0 Å². The molecule has 15 heteroatoms. The largest absolute Gasteiger partial charge is 1.00 e. The molecule has 2 aliphatic heterocycles. The molecular formula is C16H18N3NaO10S. The summed E-state index contributed by atoms with van der Waals surface area (Å²) in [5.41, 5.74) is 0. The van der Waals surface area contributed by atoms with Gasteiger partial charge in [-0.3, -0.25) is 28.6 Å². The van der Waals surface area contributed by atoms with Crippen molar-refractivity contribution in [1.29, 1.82) is 0 Å². The van der Waals surface area contributed by atoms with Gasteiger partial charge < -0.3 is 14.9 Å².